The summed E-state index contributed by atoms with van der Waals surface area (Å²) in [5.41, 5.74) is 3.02. The zero-order chi connectivity index (χ0) is 19.4. The molecule has 0 radical (unpaired) electrons. The van der Waals surface area contributed by atoms with Crippen molar-refractivity contribution < 1.29 is 4.79 Å². The summed E-state index contributed by atoms with van der Waals surface area (Å²) in [6.45, 7) is 0. The molecule has 28 heavy (non-hydrogen) atoms. The number of carbonyl (C=O) groups excluding carboxylic acids is 1. The molecule has 1 aliphatic rings. The largest absolute Gasteiger partial charge is 0.377 e. The Kier molecular flexibility index (Phi) is 4.78. The third-order valence-corrected chi connectivity index (χ3v) is 5.31. The molecule has 3 aromatic carbocycles. The lowest BCUT2D eigenvalue weighted by Gasteiger charge is -2.36. The molecule has 3 heteroatoms. The number of hydrogen-bond acceptors (Lipinski definition) is 3. The quantitative estimate of drug-likeness (QED) is 0.716. The van der Waals surface area contributed by atoms with E-state index in [0.717, 1.165) is 22.4 Å². The number of anilines is 1. The van der Waals surface area contributed by atoms with Crippen molar-refractivity contribution in [3.05, 3.63) is 114 Å². The minimum Gasteiger partial charge on any atom is -0.377 e. The van der Waals surface area contributed by atoms with Crippen molar-refractivity contribution in [2.75, 3.05) is 5.32 Å². The molecule has 3 aromatic rings. The molecule has 1 atom stereocenters. The molecule has 0 amide bonds. The Balaban J connectivity index is 1.78. The highest BCUT2D eigenvalue weighted by Gasteiger charge is 2.49. The van der Waals surface area contributed by atoms with Gasteiger partial charge in [0, 0.05) is 5.69 Å². The number of ketones is 1. The Labute approximate surface area is 165 Å². The minimum atomic E-state index is -0.812. The Bertz CT molecular complexity index is 992. The number of nitriles is 1. The fourth-order valence-electron chi connectivity index (χ4n) is 3.97. The maximum Gasteiger partial charge on any atom is 0.172 e. The van der Waals surface area contributed by atoms with Crippen molar-refractivity contribution in [1.29, 1.82) is 5.26 Å². The predicted octanol–water partition coefficient (Wildman–Crippen LogP) is 4.66. The lowest BCUT2D eigenvalue weighted by molar-refractivity contribution is -0.117. The number of allylic oxidation sites excluding steroid dienone is 1. The van der Waals surface area contributed by atoms with Crippen LogP contribution < -0.4 is 5.32 Å². The maximum atomic E-state index is 13.3. The van der Waals surface area contributed by atoms with Gasteiger partial charge in [0.15, 0.2) is 5.78 Å². The van der Waals surface area contributed by atoms with Crippen LogP contribution in [-0.4, -0.2) is 11.8 Å². The Hall–Kier alpha value is -3.64. The highest BCUT2D eigenvalue weighted by atomic mass is 16.1. The lowest BCUT2D eigenvalue weighted by Crippen LogP contribution is -2.46. The fraction of sp³-hybridized carbons (Fsp3) is 0.120. The fourth-order valence-corrected chi connectivity index (χ4v) is 3.97. The number of nitrogens with one attached hydrogen (secondary N) is 1. The number of hydrogen-bond donors (Lipinski definition) is 1. The summed E-state index contributed by atoms with van der Waals surface area (Å²) in [4.78, 5) is 13.3. The third-order valence-electron chi connectivity index (χ3n) is 5.31. The van der Waals surface area contributed by atoms with Crippen LogP contribution in [0.5, 0.6) is 0 Å². The number of carbonyl (C=O) groups is 1. The molecule has 0 saturated heterocycles. The molecule has 0 bridgehead atoms. The minimum absolute atomic E-state index is 0.0727. The summed E-state index contributed by atoms with van der Waals surface area (Å²) >= 11 is 0. The van der Waals surface area contributed by atoms with E-state index in [9.17, 15) is 4.79 Å². The topological polar surface area (TPSA) is 52.9 Å². The van der Waals surface area contributed by atoms with Gasteiger partial charge in [-0.05, 0) is 34.9 Å². The van der Waals surface area contributed by atoms with Crippen molar-refractivity contribution in [1.82, 2.24) is 0 Å². The zero-order valence-corrected chi connectivity index (χ0v) is 15.4. The summed E-state index contributed by atoms with van der Waals surface area (Å²) in [5.74, 6) is 0.0727. The van der Waals surface area contributed by atoms with E-state index in [1.807, 2.05) is 91.0 Å². The van der Waals surface area contributed by atoms with Crippen molar-refractivity contribution in [3.63, 3.8) is 0 Å². The van der Waals surface area contributed by atoms with Crippen molar-refractivity contribution in [2.45, 2.75) is 17.9 Å². The van der Waals surface area contributed by atoms with Gasteiger partial charge in [0.1, 0.15) is 5.41 Å². The van der Waals surface area contributed by atoms with Crippen molar-refractivity contribution in [3.8, 4) is 6.07 Å². The monoisotopic (exact) mass is 364 g/mol. The van der Waals surface area contributed by atoms with E-state index in [0.29, 0.717) is 6.42 Å². The van der Waals surface area contributed by atoms with E-state index in [2.05, 4.69) is 11.4 Å². The van der Waals surface area contributed by atoms with E-state index in [4.69, 9.17) is 5.26 Å². The number of nitrogens with zero attached hydrogens (tertiary/aromatic N) is 1. The van der Waals surface area contributed by atoms with Gasteiger partial charge in [0.2, 0.25) is 0 Å². The maximum absolute atomic E-state index is 13.3. The molecule has 0 aliphatic heterocycles. The molecule has 0 aromatic heterocycles. The first-order valence-corrected chi connectivity index (χ1v) is 9.31. The Morgan fingerprint density at radius 1 is 0.857 bits per heavy atom. The van der Waals surface area contributed by atoms with Crippen LogP contribution >= 0.6 is 0 Å². The van der Waals surface area contributed by atoms with Gasteiger partial charge in [-0.3, -0.25) is 4.79 Å². The van der Waals surface area contributed by atoms with Gasteiger partial charge < -0.3 is 5.32 Å². The summed E-state index contributed by atoms with van der Waals surface area (Å²) in [6, 6.07) is 29.6. The van der Waals surface area contributed by atoms with Crippen LogP contribution in [0.15, 0.2) is 97.1 Å². The highest BCUT2D eigenvalue weighted by molar-refractivity contribution is 6.06. The second kappa shape index (κ2) is 7.54. The molecule has 1 aliphatic carbocycles. The van der Waals surface area contributed by atoms with Gasteiger partial charge in [-0.25, -0.2) is 0 Å². The standard InChI is InChI=1S/C25H20N2O/c26-18-17-19-11-13-22(14-12-19)27-23-15-16-24(28)25(23,20-7-3-1-4-8-20)21-9-5-2-6-10-21/h1-16,23,27H,17H2/t23-/m1/s1. The molecular weight excluding hydrogens is 344 g/mol. The van der Waals surface area contributed by atoms with Gasteiger partial charge in [-0.1, -0.05) is 78.9 Å². The average molecular weight is 364 g/mol. The second-order valence-electron chi connectivity index (χ2n) is 6.92. The van der Waals surface area contributed by atoms with E-state index < -0.39 is 5.41 Å². The summed E-state index contributed by atoms with van der Waals surface area (Å²) in [5, 5.41) is 12.4. The Morgan fingerprint density at radius 3 is 1.96 bits per heavy atom. The SMILES string of the molecule is N#CCc1ccc(N[C@@H]2C=CC(=O)C2(c2ccccc2)c2ccccc2)cc1. The third kappa shape index (κ3) is 3.00. The van der Waals surface area contributed by atoms with E-state index in [1.165, 1.54) is 0 Å². The zero-order valence-electron chi connectivity index (χ0n) is 15.4. The Morgan fingerprint density at radius 2 is 1.43 bits per heavy atom. The molecule has 0 fully saturated rings. The molecule has 0 spiro atoms. The normalized spacial score (nSPS) is 17.2. The van der Waals surface area contributed by atoms with Gasteiger partial charge in [0.25, 0.3) is 0 Å². The number of rotatable bonds is 5. The van der Waals surface area contributed by atoms with Crippen LogP contribution in [0.2, 0.25) is 0 Å². The highest BCUT2D eigenvalue weighted by Crippen LogP contribution is 2.42. The van der Waals surface area contributed by atoms with E-state index in [1.54, 1.807) is 6.08 Å². The first-order valence-electron chi connectivity index (χ1n) is 9.31. The van der Waals surface area contributed by atoms with Gasteiger partial charge in [-0.2, -0.15) is 5.26 Å². The molecule has 4 rings (SSSR count). The lowest BCUT2D eigenvalue weighted by atomic mass is 9.69. The summed E-state index contributed by atoms with van der Waals surface area (Å²) in [7, 11) is 0. The molecule has 0 heterocycles. The molecule has 3 nitrogen and oxygen atoms in total. The van der Waals surface area contributed by atoms with Crippen LogP contribution in [0.25, 0.3) is 0 Å². The van der Waals surface area contributed by atoms with Crippen molar-refractivity contribution in [2.24, 2.45) is 0 Å². The van der Waals surface area contributed by atoms with Crippen LogP contribution in [0, 0.1) is 11.3 Å². The predicted molar refractivity (Wildman–Crippen MR) is 111 cm³/mol. The molecule has 0 saturated carbocycles. The molecule has 1 N–H and O–H groups in total. The van der Waals surface area contributed by atoms with Crippen LogP contribution in [0.4, 0.5) is 5.69 Å². The summed E-state index contributed by atoms with van der Waals surface area (Å²) in [6.07, 6.45) is 4.02. The summed E-state index contributed by atoms with van der Waals surface area (Å²) < 4.78 is 0. The van der Waals surface area contributed by atoms with Crippen LogP contribution in [-0.2, 0) is 16.6 Å². The first-order chi connectivity index (χ1) is 13.7. The smallest absolute Gasteiger partial charge is 0.172 e. The van der Waals surface area contributed by atoms with Crippen molar-refractivity contribution >= 4 is 11.5 Å². The average Bonchev–Trinajstić information content (AvgIpc) is 3.07. The molecule has 0 unspecified atom stereocenters. The van der Waals surface area contributed by atoms with Gasteiger partial charge in [-0.15, -0.1) is 0 Å². The van der Waals surface area contributed by atoms with Gasteiger partial charge >= 0.3 is 0 Å². The van der Waals surface area contributed by atoms with E-state index in [-0.39, 0.29) is 11.8 Å². The van der Waals surface area contributed by atoms with Crippen LogP contribution in [0.1, 0.15) is 16.7 Å². The first kappa shape index (κ1) is 17.8. The van der Waals surface area contributed by atoms with E-state index >= 15 is 0 Å². The second-order valence-corrected chi connectivity index (χ2v) is 6.92. The molecule has 136 valence electrons. The number of benzene rings is 3. The van der Waals surface area contributed by atoms with Crippen LogP contribution in [0.3, 0.4) is 0 Å². The van der Waals surface area contributed by atoms with Gasteiger partial charge in [0.05, 0.1) is 18.5 Å². The molecular formula is C25H20N2O.